The van der Waals surface area contributed by atoms with Crippen molar-refractivity contribution in [1.29, 1.82) is 0 Å². The van der Waals surface area contributed by atoms with Crippen LogP contribution in [0.4, 0.5) is 5.82 Å². The molecule has 2 aromatic heterocycles. The molecule has 2 aromatic rings. The van der Waals surface area contributed by atoms with Crippen molar-refractivity contribution < 1.29 is 85.6 Å². The Balaban J connectivity index is 0.762. The molecule has 11 N–H and O–H groups in total. The number of ether oxygens (including phenoxy) is 1. The van der Waals surface area contributed by atoms with Gasteiger partial charge in [-0.15, -0.1) is 0 Å². The predicted molar refractivity (Wildman–Crippen MR) is 280 cm³/mol. The number of nitrogens with one attached hydrogen (secondary N) is 2. The third-order valence-electron chi connectivity index (χ3n) is 17.3. The number of anilines is 1. The van der Waals surface area contributed by atoms with Crippen molar-refractivity contribution in [2.45, 2.75) is 155 Å². The topological polar surface area (TPSA) is 384 Å². The molecular formula is C48H78N7O18P3S. The molecule has 25 nitrogen and oxygen atoms in total. The Hall–Kier alpha value is -2.74. The summed E-state index contributed by atoms with van der Waals surface area (Å²) in [6, 6.07) is 0. The highest BCUT2D eigenvalue weighted by Crippen LogP contribution is 2.67. The fourth-order valence-corrected chi connectivity index (χ4v) is 16.7. The number of amides is 2. The number of imidazole rings is 1. The number of phosphoric acid groups is 3. The molecule has 5 aliphatic rings. The van der Waals surface area contributed by atoms with E-state index < -0.39 is 84.6 Å². The summed E-state index contributed by atoms with van der Waals surface area (Å²) in [6.07, 6.45) is 7.38. The number of aromatic nitrogens is 4. The number of nitrogens with zero attached hydrogens (tertiary/aromatic N) is 4. The molecular weight excluding hydrogens is 1090 g/mol. The monoisotopic (exact) mass is 1170 g/mol. The zero-order chi connectivity index (χ0) is 56.5. The minimum absolute atomic E-state index is 0.0320. The maximum absolute atomic E-state index is 13.0. The van der Waals surface area contributed by atoms with Crippen LogP contribution in [-0.2, 0) is 50.7 Å². The number of rotatable bonds is 25. The molecule has 0 spiro atoms. The number of phosphoric ester groups is 3. The largest absolute Gasteiger partial charge is 0.481 e. The summed E-state index contributed by atoms with van der Waals surface area (Å²) in [5, 5.41) is 37.3. The molecule has 7 rings (SSSR count). The van der Waals surface area contributed by atoms with Crippen molar-refractivity contribution >= 4 is 69.1 Å². The van der Waals surface area contributed by atoms with Crippen molar-refractivity contribution in [2.24, 2.45) is 51.8 Å². The van der Waals surface area contributed by atoms with Crippen molar-refractivity contribution in [1.82, 2.24) is 30.2 Å². The first kappa shape index (κ1) is 61.9. The maximum atomic E-state index is 13.0. The molecule has 1 aliphatic heterocycles. The lowest BCUT2D eigenvalue weighted by atomic mass is 9.47. The summed E-state index contributed by atoms with van der Waals surface area (Å²) in [7, 11) is -16.5. The molecule has 434 valence electrons. The zero-order valence-electron chi connectivity index (χ0n) is 44.4. The average molecular weight is 1170 g/mol. The van der Waals surface area contributed by atoms with Gasteiger partial charge in [0.1, 0.15) is 36.3 Å². The van der Waals surface area contributed by atoms with Crippen LogP contribution in [0, 0.1) is 51.8 Å². The lowest BCUT2D eigenvalue weighted by molar-refractivity contribution is -0.137. The van der Waals surface area contributed by atoms with E-state index in [1.807, 2.05) is 6.92 Å². The van der Waals surface area contributed by atoms with Gasteiger partial charge in [0.15, 0.2) is 22.8 Å². The van der Waals surface area contributed by atoms with Crippen LogP contribution < -0.4 is 16.4 Å². The summed E-state index contributed by atoms with van der Waals surface area (Å²) in [4.78, 5) is 89.9. The molecule has 3 saturated carbocycles. The van der Waals surface area contributed by atoms with E-state index in [0.717, 1.165) is 79.9 Å². The number of hydrogen-bond acceptors (Lipinski definition) is 19. The molecule has 1 saturated heterocycles. The second-order valence-corrected chi connectivity index (χ2v) is 28.3. The van der Waals surface area contributed by atoms with Gasteiger partial charge >= 0.3 is 23.5 Å². The molecule has 77 heavy (non-hydrogen) atoms. The fraction of sp³-hybridized carbons (Fsp3) is 0.792. The number of aliphatic hydroxyl groups is 3. The third kappa shape index (κ3) is 14.7. The Morgan fingerprint density at radius 2 is 1.69 bits per heavy atom. The van der Waals surface area contributed by atoms with Crippen LogP contribution in [0.15, 0.2) is 24.3 Å². The van der Waals surface area contributed by atoms with Gasteiger partial charge in [-0.1, -0.05) is 77.8 Å². The maximum Gasteiger partial charge on any atom is 0.481 e. The van der Waals surface area contributed by atoms with Crippen molar-refractivity contribution in [3.8, 4) is 0 Å². The normalized spacial score (nSPS) is 32.2. The molecule has 29 heteroatoms. The Morgan fingerprint density at radius 3 is 2.42 bits per heavy atom. The van der Waals surface area contributed by atoms with E-state index in [4.69, 9.17) is 19.5 Å². The smallest absolute Gasteiger partial charge is 0.393 e. The van der Waals surface area contributed by atoms with Gasteiger partial charge in [-0.3, -0.25) is 32.5 Å². The molecule has 4 fully saturated rings. The first-order chi connectivity index (χ1) is 35.9. The number of aliphatic hydroxyl groups excluding tert-OH is 3. The van der Waals surface area contributed by atoms with Crippen molar-refractivity contribution in [2.75, 3.05) is 37.8 Å². The summed E-state index contributed by atoms with van der Waals surface area (Å²) in [5.41, 5.74) is 6.38. The fourth-order valence-electron chi connectivity index (χ4n) is 13.1. The van der Waals surface area contributed by atoms with Crippen LogP contribution in [0.3, 0.4) is 0 Å². The highest BCUT2D eigenvalue weighted by Gasteiger charge is 2.59. The zero-order valence-corrected chi connectivity index (χ0v) is 47.9. The first-order valence-electron chi connectivity index (χ1n) is 26.4. The molecule has 0 radical (unpaired) electrons. The van der Waals surface area contributed by atoms with Crippen LogP contribution >= 0.6 is 35.2 Å². The molecule has 2 amide bonds. The second kappa shape index (κ2) is 24.8. The van der Waals surface area contributed by atoms with Gasteiger partial charge in [0.05, 0.1) is 25.6 Å². The lowest BCUT2D eigenvalue weighted by Gasteiger charge is -2.58. The SMILES string of the molecule is CC(CCC[C@@H](C)[C@H]1CC[C@H]2[C@@H]3CC=C4CC(O)CC[C@]4(C)[C@H]3CC[C@]12C)C(=O)SCCNC(=O)CCNC(=O)[C@H](O)C(C)(C)COP(=O)(O)OP(=O)(O)OC[C@H]1O[C@@H](n2cnc3c(N)ncnc32)[C@H](O)[C@@H]1OP(=O)(O)O. The van der Waals surface area contributed by atoms with Gasteiger partial charge in [0, 0.05) is 36.6 Å². The number of hydrogen-bond donors (Lipinski definition) is 10. The molecule has 0 bridgehead atoms. The van der Waals surface area contributed by atoms with E-state index in [1.165, 1.54) is 56.9 Å². The highest BCUT2D eigenvalue weighted by molar-refractivity contribution is 8.13. The Bertz CT molecular complexity index is 2630. The van der Waals surface area contributed by atoms with Gasteiger partial charge < -0.3 is 56.0 Å². The van der Waals surface area contributed by atoms with Crippen LogP contribution in [0.1, 0.15) is 125 Å². The standard InChI is InChI=1S/C48H78N7O18P3S/c1-27(32-12-13-33-31-11-10-29-22-30(56)14-17-47(29,5)34(31)15-18-48(32,33)6)8-7-9-28(2)45(61)77-21-20-50-36(57)16-19-51-43(60)40(59)46(3,4)24-70-76(67,68)73-75(65,66)69-23-35-39(72-74(62,63)64)38(58)44(71-35)55-26-54-37-41(49)52-25-53-42(37)55/h10,25-28,30-35,38-40,44,56,58-59H,7-9,11-24H2,1-6H3,(H,50,57)(H,51,60)(H,65,66)(H,67,68)(H2,49,52,53)(H2,62,63,64)/t27-,28?,30?,31+,32-,33+,34+,35-,38-,39-,40+,44-,47+,48-/m1/s1. The second-order valence-electron chi connectivity index (χ2n) is 22.9. The predicted octanol–water partition coefficient (Wildman–Crippen LogP) is 5.05. The van der Waals surface area contributed by atoms with Gasteiger partial charge in [0.2, 0.25) is 11.8 Å². The minimum atomic E-state index is -5.59. The lowest BCUT2D eigenvalue weighted by Crippen LogP contribution is -2.50. The third-order valence-corrected chi connectivity index (χ3v) is 21.5. The highest BCUT2D eigenvalue weighted by atomic mass is 32.2. The molecule has 4 unspecified atom stereocenters. The van der Waals surface area contributed by atoms with Crippen LogP contribution in [0.2, 0.25) is 0 Å². The van der Waals surface area contributed by atoms with E-state index in [9.17, 15) is 63.0 Å². The summed E-state index contributed by atoms with van der Waals surface area (Å²) < 4.78 is 62.8. The van der Waals surface area contributed by atoms with E-state index in [1.54, 1.807) is 0 Å². The first-order valence-corrected chi connectivity index (χ1v) is 31.9. The summed E-state index contributed by atoms with van der Waals surface area (Å²) in [6.45, 7) is 9.95. The molecule has 3 heterocycles. The van der Waals surface area contributed by atoms with Gasteiger partial charge in [0.25, 0.3) is 0 Å². The van der Waals surface area contributed by atoms with Crippen LogP contribution in [-0.4, -0.2) is 134 Å². The Morgan fingerprint density at radius 1 is 0.961 bits per heavy atom. The van der Waals surface area contributed by atoms with Crippen molar-refractivity contribution in [3.05, 3.63) is 24.3 Å². The molecule has 0 aromatic carbocycles. The number of carbonyl (C=O) groups excluding carboxylic acids is 3. The van der Waals surface area contributed by atoms with Gasteiger partial charge in [-0.05, 0) is 98.2 Å². The van der Waals surface area contributed by atoms with E-state index in [0.29, 0.717) is 23.0 Å². The number of nitrogens with two attached hydrogens (primary N) is 1. The van der Waals surface area contributed by atoms with E-state index >= 15 is 0 Å². The van der Waals surface area contributed by atoms with Gasteiger partial charge in [-0.25, -0.2) is 28.6 Å². The van der Waals surface area contributed by atoms with E-state index in [2.05, 4.69) is 61.3 Å². The van der Waals surface area contributed by atoms with Gasteiger partial charge in [-0.2, -0.15) is 4.31 Å². The van der Waals surface area contributed by atoms with E-state index in [-0.39, 0.29) is 59.0 Å². The number of nitrogen functional groups attached to an aromatic ring is 1. The van der Waals surface area contributed by atoms with Crippen LogP contribution in [0.25, 0.3) is 11.2 Å². The number of carbonyl (C=O) groups is 3. The summed E-state index contributed by atoms with van der Waals surface area (Å²) in [5.74, 6) is 2.27. The Kier molecular flexibility index (Phi) is 19.9. The molecule has 16 atom stereocenters. The molecule has 4 aliphatic carbocycles. The number of thioether (sulfide) groups is 1. The van der Waals surface area contributed by atoms with Crippen LogP contribution in [0.5, 0.6) is 0 Å². The number of fused-ring (bicyclic) bond motifs is 6. The quantitative estimate of drug-likeness (QED) is 0.0353. The minimum Gasteiger partial charge on any atom is -0.393 e. The Labute approximate surface area is 452 Å². The average Bonchev–Trinajstić information content (AvgIpc) is 4.21. The number of allylic oxidation sites excluding steroid dienone is 1. The van der Waals surface area contributed by atoms with Crippen molar-refractivity contribution in [3.63, 3.8) is 0 Å². The summed E-state index contributed by atoms with van der Waals surface area (Å²) >= 11 is 1.18.